The zero-order chi connectivity index (χ0) is 24.3. The van der Waals surface area contributed by atoms with Crippen molar-refractivity contribution < 1.29 is 13.2 Å². The van der Waals surface area contributed by atoms with Gasteiger partial charge in [-0.1, -0.05) is 45.7 Å². The highest BCUT2D eigenvalue weighted by Crippen LogP contribution is 2.27. The molecule has 8 nitrogen and oxygen atoms in total. The summed E-state index contributed by atoms with van der Waals surface area (Å²) in [5.74, 6) is 0.387. The van der Waals surface area contributed by atoms with E-state index in [0.29, 0.717) is 11.4 Å². The fourth-order valence-corrected chi connectivity index (χ4v) is 5.52. The average molecular weight is 486 g/mol. The molecule has 2 aliphatic rings. The van der Waals surface area contributed by atoms with Crippen LogP contribution in [0.3, 0.4) is 0 Å². The van der Waals surface area contributed by atoms with Gasteiger partial charge in [-0.3, -0.25) is 9.52 Å². The molecule has 0 atom stereocenters. The van der Waals surface area contributed by atoms with Gasteiger partial charge >= 0.3 is 0 Å². The van der Waals surface area contributed by atoms with E-state index in [1.165, 1.54) is 6.20 Å². The number of nitrogens with zero attached hydrogens (tertiary/aromatic N) is 2. The van der Waals surface area contributed by atoms with Crippen molar-refractivity contribution in [1.82, 2.24) is 15.6 Å². The van der Waals surface area contributed by atoms with Crippen molar-refractivity contribution >= 4 is 27.4 Å². The van der Waals surface area contributed by atoms with Crippen LogP contribution in [0.25, 0.3) is 0 Å². The molecular formula is C25H35N5O3S. The minimum atomic E-state index is -3.82. The Labute approximate surface area is 202 Å². The van der Waals surface area contributed by atoms with Gasteiger partial charge in [0.05, 0.1) is 22.3 Å². The number of amides is 1. The SMILES string of the molecule is CC(C)(C)c1ccc(S(=O)(=O)Nc2cnc(N3CCNCC3)c(C(=O)NC3CCCC3)c2)cc1. The summed E-state index contributed by atoms with van der Waals surface area (Å²) >= 11 is 0. The molecule has 1 aliphatic carbocycles. The second-order valence-corrected chi connectivity index (χ2v) is 11.8. The van der Waals surface area contributed by atoms with E-state index >= 15 is 0 Å². The fourth-order valence-electron chi connectivity index (χ4n) is 4.49. The second-order valence-electron chi connectivity index (χ2n) is 10.2. The molecule has 4 rings (SSSR count). The molecule has 0 bridgehead atoms. The molecule has 9 heteroatoms. The highest BCUT2D eigenvalue weighted by molar-refractivity contribution is 7.92. The second kappa shape index (κ2) is 9.92. The van der Waals surface area contributed by atoms with Crippen molar-refractivity contribution in [3.63, 3.8) is 0 Å². The molecular weight excluding hydrogens is 450 g/mol. The lowest BCUT2D eigenvalue weighted by Crippen LogP contribution is -2.45. The minimum absolute atomic E-state index is 0.0684. The third-order valence-electron chi connectivity index (χ3n) is 6.50. The number of nitrogens with one attached hydrogen (secondary N) is 3. The van der Waals surface area contributed by atoms with Gasteiger partial charge in [0.1, 0.15) is 5.82 Å². The highest BCUT2D eigenvalue weighted by Gasteiger charge is 2.25. The van der Waals surface area contributed by atoms with E-state index in [9.17, 15) is 13.2 Å². The third kappa shape index (κ3) is 5.70. The summed E-state index contributed by atoms with van der Waals surface area (Å²) < 4.78 is 28.7. The molecule has 1 amide bonds. The van der Waals surface area contributed by atoms with Crippen molar-refractivity contribution in [3.8, 4) is 0 Å². The van der Waals surface area contributed by atoms with Gasteiger partial charge < -0.3 is 15.5 Å². The van der Waals surface area contributed by atoms with Crippen LogP contribution in [-0.4, -0.2) is 51.5 Å². The number of carbonyl (C=O) groups excluding carboxylic acids is 1. The Bertz CT molecular complexity index is 1110. The Morgan fingerprint density at radius 2 is 1.74 bits per heavy atom. The molecule has 0 radical (unpaired) electrons. The molecule has 1 saturated heterocycles. The van der Waals surface area contributed by atoms with E-state index in [1.807, 2.05) is 12.1 Å². The van der Waals surface area contributed by atoms with Crippen molar-refractivity contribution in [2.45, 2.75) is 62.8 Å². The van der Waals surface area contributed by atoms with E-state index in [0.717, 1.165) is 57.4 Å². The third-order valence-corrected chi connectivity index (χ3v) is 7.90. The van der Waals surface area contributed by atoms with Crippen LogP contribution in [0.4, 0.5) is 11.5 Å². The van der Waals surface area contributed by atoms with E-state index in [2.05, 4.69) is 46.0 Å². The zero-order valence-electron chi connectivity index (χ0n) is 20.2. The molecule has 34 heavy (non-hydrogen) atoms. The standard InChI is InChI=1S/C25H35N5O3S/c1-25(2,3)18-8-10-21(11-9-18)34(32,33)29-20-16-22(24(31)28-19-6-4-5-7-19)23(27-17-20)30-14-12-26-13-15-30/h8-11,16-17,19,26,29H,4-7,12-15H2,1-3H3,(H,28,31). The summed E-state index contributed by atoms with van der Waals surface area (Å²) in [6, 6.07) is 8.65. The van der Waals surface area contributed by atoms with E-state index in [4.69, 9.17) is 0 Å². The van der Waals surface area contributed by atoms with Gasteiger partial charge in [-0.05, 0) is 42.0 Å². The quantitative estimate of drug-likeness (QED) is 0.580. The number of rotatable bonds is 6. The van der Waals surface area contributed by atoms with Crippen LogP contribution >= 0.6 is 0 Å². The van der Waals surface area contributed by atoms with Gasteiger partial charge in [0.2, 0.25) is 0 Å². The Kier molecular flexibility index (Phi) is 7.14. The maximum Gasteiger partial charge on any atom is 0.261 e. The fraction of sp³-hybridized carbons (Fsp3) is 0.520. The number of carbonyl (C=O) groups is 1. The Morgan fingerprint density at radius 3 is 2.35 bits per heavy atom. The summed E-state index contributed by atoms with van der Waals surface area (Å²) in [6.45, 7) is 9.34. The largest absolute Gasteiger partial charge is 0.353 e. The van der Waals surface area contributed by atoms with E-state index < -0.39 is 10.0 Å². The smallest absolute Gasteiger partial charge is 0.261 e. The molecule has 1 aromatic heterocycles. The molecule has 0 unspecified atom stereocenters. The molecule has 2 aromatic rings. The normalized spacial score (nSPS) is 17.6. The summed E-state index contributed by atoms with van der Waals surface area (Å²) in [4.78, 5) is 20.0. The lowest BCUT2D eigenvalue weighted by molar-refractivity contribution is 0.0938. The highest BCUT2D eigenvalue weighted by atomic mass is 32.2. The van der Waals surface area contributed by atoms with Crippen LogP contribution in [0.2, 0.25) is 0 Å². The molecule has 2 fully saturated rings. The number of hydrogen-bond acceptors (Lipinski definition) is 6. The Balaban J connectivity index is 1.60. The number of benzene rings is 1. The van der Waals surface area contributed by atoms with Crippen LogP contribution in [-0.2, 0) is 15.4 Å². The van der Waals surface area contributed by atoms with Gasteiger partial charge in [-0.25, -0.2) is 13.4 Å². The van der Waals surface area contributed by atoms with Crippen LogP contribution in [0.1, 0.15) is 62.4 Å². The summed E-state index contributed by atoms with van der Waals surface area (Å²) in [5, 5.41) is 6.42. The van der Waals surface area contributed by atoms with Crippen molar-refractivity contribution in [1.29, 1.82) is 0 Å². The van der Waals surface area contributed by atoms with Crippen molar-refractivity contribution in [2.24, 2.45) is 0 Å². The van der Waals surface area contributed by atoms with Crippen LogP contribution in [0.15, 0.2) is 41.4 Å². The van der Waals surface area contributed by atoms with Crippen molar-refractivity contribution in [2.75, 3.05) is 35.8 Å². The summed E-state index contributed by atoms with van der Waals surface area (Å²) in [7, 11) is -3.82. The van der Waals surface area contributed by atoms with Gasteiger partial charge in [0.25, 0.3) is 15.9 Å². The van der Waals surface area contributed by atoms with E-state index in [1.54, 1.807) is 18.2 Å². The number of aromatic nitrogens is 1. The number of anilines is 2. The molecule has 2 heterocycles. The van der Waals surface area contributed by atoms with Crippen LogP contribution in [0, 0.1) is 0 Å². The molecule has 0 spiro atoms. The monoisotopic (exact) mass is 485 g/mol. The van der Waals surface area contributed by atoms with Crippen LogP contribution in [0.5, 0.6) is 0 Å². The van der Waals surface area contributed by atoms with E-state index in [-0.39, 0.29) is 27.9 Å². The number of hydrogen-bond donors (Lipinski definition) is 3. The maximum atomic E-state index is 13.2. The lowest BCUT2D eigenvalue weighted by Gasteiger charge is -2.30. The van der Waals surface area contributed by atoms with Crippen molar-refractivity contribution in [3.05, 3.63) is 47.7 Å². The first-order chi connectivity index (χ1) is 16.1. The van der Waals surface area contributed by atoms with Gasteiger partial charge in [0.15, 0.2) is 0 Å². The van der Waals surface area contributed by atoms with Gasteiger partial charge in [-0.2, -0.15) is 0 Å². The lowest BCUT2D eigenvalue weighted by atomic mass is 9.87. The number of piperazine rings is 1. The summed E-state index contributed by atoms with van der Waals surface area (Å²) in [5.41, 5.74) is 1.66. The summed E-state index contributed by atoms with van der Waals surface area (Å²) in [6.07, 6.45) is 5.66. The topological polar surface area (TPSA) is 103 Å². The first-order valence-corrected chi connectivity index (χ1v) is 13.5. The predicted octanol–water partition coefficient (Wildman–Crippen LogP) is 3.26. The van der Waals surface area contributed by atoms with Gasteiger partial charge in [0, 0.05) is 32.2 Å². The van der Waals surface area contributed by atoms with Gasteiger partial charge in [-0.15, -0.1) is 0 Å². The Hall–Kier alpha value is -2.65. The Morgan fingerprint density at radius 1 is 1.09 bits per heavy atom. The molecule has 1 aromatic carbocycles. The number of pyridine rings is 1. The average Bonchev–Trinajstić information content (AvgIpc) is 3.32. The predicted molar refractivity (Wildman–Crippen MR) is 135 cm³/mol. The molecule has 1 saturated carbocycles. The first-order valence-electron chi connectivity index (χ1n) is 12.0. The first kappa shape index (κ1) is 24.5. The molecule has 184 valence electrons. The number of sulfonamides is 1. The zero-order valence-corrected chi connectivity index (χ0v) is 21.0. The molecule has 3 N–H and O–H groups in total. The minimum Gasteiger partial charge on any atom is -0.353 e. The maximum absolute atomic E-state index is 13.2. The molecule has 1 aliphatic heterocycles. The van der Waals surface area contributed by atoms with Crippen LogP contribution < -0.4 is 20.3 Å².